The van der Waals surface area contributed by atoms with Gasteiger partial charge in [0.1, 0.15) is 5.78 Å². The second kappa shape index (κ2) is 9.51. The zero-order chi connectivity index (χ0) is 19.2. The van der Waals surface area contributed by atoms with Crippen molar-refractivity contribution in [2.75, 3.05) is 23.7 Å². The highest BCUT2D eigenvalue weighted by atomic mass is 32.2. The molecule has 146 valence electrons. The van der Waals surface area contributed by atoms with Crippen LogP contribution in [0.1, 0.15) is 51.5 Å². The second-order valence-corrected chi connectivity index (χ2v) is 10.2. The van der Waals surface area contributed by atoms with Crippen molar-refractivity contribution in [3.63, 3.8) is 0 Å². The number of nitrogens with zero attached hydrogens (tertiary/aromatic N) is 1. The lowest BCUT2D eigenvalue weighted by Crippen LogP contribution is -2.20. The van der Waals surface area contributed by atoms with Gasteiger partial charge in [0.15, 0.2) is 9.84 Å². The van der Waals surface area contributed by atoms with Gasteiger partial charge in [-0.15, -0.1) is 0 Å². The molecular formula is C20H31NO4S. The number of ketones is 1. The maximum absolute atomic E-state index is 12.1. The fraction of sp³-hybridized carbons (Fsp3) is 0.650. The quantitative estimate of drug-likeness (QED) is 0.631. The van der Waals surface area contributed by atoms with E-state index < -0.39 is 9.84 Å². The molecule has 0 radical (unpaired) electrons. The number of unbranched alkanes of at least 4 members (excludes halogenated alkanes) is 2. The third kappa shape index (κ3) is 6.40. The number of hydrogen-bond acceptors (Lipinski definition) is 5. The Bertz CT molecular complexity index is 682. The van der Waals surface area contributed by atoms with Crippen LogP contribution in [-0.2, 0) is 21.1 Å². The summed E-state index contributed by atoms with van der Waals surface area (Å²) in [6, 6.07) is 7.98. The van der Waals surface area contributed by atoms with E-state index >= 15 is 0 Å². The maximum Gasteiger partial charge on any atom is 0.152 e. The second-order valence-electron chi connectivity index (χ2n) is 7.50. The number of carbonyl (C=O) groups is 1. The fourth-order valence-electron chi connectivity index (χ4n) is 3.15. The van der Waals surface area contributed by atoms with E-state index in [2.05, 4.69) is 4.90 Å². The van der Waals surface area contributed by atoms with Crippen LogP contribution in [0, 0.1) is 0 Å². The van der Waals surface area contributed by atoms with Crippen molar-refractivity contribution in [1.82, 2.24) is 0 Å². The molecule has 1 fully saturated rings. The Balaban J connectivity index is 1.68. The first kappa shape index (κ1) is 20.9. The largest absolute Gasteiger partial charge is 0.391 e. The fourth-order valence-corrected chi connectivity index (χ4v) is 4.23. The van der Waals surface area contributed by atoms with Crippen LogP contribution in [0.5, 0.6) is 0 Å². The predicted octanol–water partition coefficient (Wildman–Crippen LogP) is 2.75. The molecule has 0 aromatic heterocycles. The number of rotatable bonds is 10. The van der Waals surface area contributed by atoms with E-state index in [1.54, 1.807) is 13.8 Å². The molecule has 1 aromatic rings. The number of carbonyl (C=O) groups excluding carboxylic acids is 1. The average molecular weight is 382 g/mol. The third-order valence-corrected chi connectivity index (χ3v) is 7.26. The molecule has 1 unspecified atom stereocenters. The molecule has 0 amide bonds. The first-order valence-electron chi connectivity index (χ1n) is 9.53. The number of aliphatic hydroxyl groups is 1. The molecule has 1 atom stereocenters. The number of aliphatic hydroxyl groups excluding tert-OH is 1. The molecule has 1 saturated heterocycles. The van der Waals surface area contributed by atoms with Gasteiger partial charge in [-0.3, -0.25) is 4.79 Å². The van der Waals surface area contributed by atoms with E-state index in [0.29, 0.717) is 25.8 Å². The van der Waals surface area contributed by atoms with E-state index in [1.807, 2.05) is 24.3 Å². The lowest BCUT2D eigenvalue weighted by molar-refractivity contribution is -0.118. The van der Waals surface area contributed by atoms with E-state index in [9.17, 15) is 18.3 Å². The van der Waals surface area contributed by atoms with Gasteiger partial charge in [-0.2, -0.15) is 0 Å². The Hall–Kier alpha value is -1.40. The number of Topliss-reactive ketones (excluding diaryl/α,β-unsaturated/α-hetero) is 1. The summed E-state index contributed by atoms with van der Waals surface area (Å²) < 4.78 is 23.5. The zero-order valence-corrected chi connectivity index (χ0v) is 16.7. The first-order valence-corrected chi connectivity index (χ1v) is 11.2. The van der Waals surface area contributed by atoms with Crippen molar-refractivity contribution in [2.24, 2.45) is 0 Å². The number of benzene rings is 1. The summed E-state index contributed by atoms with van der Waals surface area (Å²) >= 11 is 0. The van der Waals surface area contributed by atoms with E-state index in [1.165, 1.54) is 0 Å². The first-order chi connectivity index (χ1) is 12.3. The molecule has 1 N–H and O–H groups in total. The summed E-state index contributed by atoms with van der Waals surface area (Å²) in [5.74, 6) is 0.409. The van der Waals surface area contributed by atoms with Crippen molar-refractivity contribution in [3.8, 4) is 0 Å². The Kier molecular flexibility index (Phi) is 7.65. The van der Waals surface area contributed by atoms with Gasteiger partial charge in [0.2, 0.25) is 0 Å². The standard InChI is InChI=1S/C20H31NO4S/c1-16(2)26(24,25)13-5-3-4-6-19(22)14-17-7-9-18(10-8-17)21-12-11-20(23)15-21/h7-10,16,20,23H,3-6,11-15H2,1-2H3. The van der Waals surface area contributed by atoms with Crippen molar-refractivity contribution in [1.29, 1.82) is 0 Å². The zero-order valence-electron chi connectivity index (χ0n) is 15.9. The van der Waals surface area contributed by atoms with Gasteiger partial charge in [-0.1, -0.05) is 18.6 Å². The maximum atomic E-state index is 12.1. The van der Waals surface area contributed by atoms with Gasteiger partial charge in [-0.25, -0.2) is 8.42 Å². The predicted molar refractivity (Wildman–Crippen MR) is 105 cm³/mol. The van der Waals surface area contributed by atoms with Crippen LogP contribution in [0.15, 0.2) is 24.3 Å². The topological polar surface area (TPSA) is 74.7 Å². The van der Waals surface area contributed by atoms with Crippen LogP contribution in [0.25, 0.3) is 0 Å². The Morgan fingerprint density at radius 2 is 1.88 bits per heavy atom. The number of β-amino-alcohol motifs (C(OH)–C–C–N with tert-alkyl or cyclic N) is 1. The third-order valence-electron chi connectivity index (χ3n) is 4.97. The summed E-state index contributed by atoms with van der Waals surface area (Å²) in [7, 11) is -2.97. The molecule has 6 heteroatoms. The lowest BCUT2D eigenvalue weighted by atomic mass is 10.0. The molecule has 1 aliphatic heterocycles. The highest BCUT2D eigenvalue weighted by Gasteiger charge is 2.20. The molecule has 2 rings (SSSR count). The smallest absolute Gasteiger partial charge is 0.152 e. The summed E-state index contributed by atoms with van der Waals surface area (Å²) in [4.78, 5) is 14.3. The number of anilines is 1. The van der Waals surface area contributed by atoms with E-state index in [0.717, 1.165) is 37.1 Å². The van der Waals surface area contributed by atoms with Crippen LogP contribution in [0.3, 0.4) is 0 Å². The summed E-state index contributed by atoms with van der Waals surface area (Å²) in [5.41, 5.74) is 2.09. The Morgan fingerprint density at radius 3 is 2.46 bits per heavy atom. The number of hydrogen-bond donors (Lipinski definition) is 1. The molecule has 0 spiro atoms. The SMILES string of the molecule is CC(C)S(=O)(=O)CCCCCC(=O)Cc1ccc(N2CCC(O)C2)cc1. The van der Waals surface area contributed by atoms with Crippen LogP contribution < -0.4 is 4.90 Å². The van der Waals surface area contributed by atoms with Crippen molar-refractivity contribution in [3.05, 3.63) is 29.8 Å². The van der Waals surface area contributed by atoms with Gasteiger partial charge in [0.25, 0.3) is 0 Å². The van der Waals surface area contributed by atoms with Gasteiger partial charge < -0.3 is 10.0 Å². The molecule has 0 saturated carbocycles. The van der Waals surface area contributed by atoms with Crippen LogP contribution >= 0.6 is 0 Å². The molecular weight excluding hydrogens is 350 g/mol. The average Bonchev–Trinajstić information content (AvgIpc) is 3.01. The lowest BCUT2D eigenvalue weighted by Gasteiger charge is -2.18. The summed E-state index contributed by atoms with van der Waals surface area (Å²) in [6.45, 7) is 4.95. The van der Waals surface area contributed by atoms with Crippen LogP contribution in [-0.4, -0.2) is 49.5 Å². The molecule has 0 bridgehead atoms. The minimum absolute atomic E-state index is 0.195. The molecule has 0 aliphatic carbocycles. The van der Waals surface area contributed by atoms with Gasteiger partial charge in [0, 0.05) is 31.6 Å². The van der Waals surface area contributed by atoms with Crippen molar-refractivity contribution in [2.45, 2.75) is 63.7 Å². The normalized spacial score (nSPS) is 17.8. The molecule has 5 nitrogen and oxygen atoms in total. The van der Waals surface area contributed by atoms with Gasteiger partial charge in [-0.05, 0) is 50.8 Å². The molecule has 26 heavy (non-hydrogen) atoms. The van der Waals surface area contributed by atoms with E-state index in [4.69, 9.17) is 0 Å². The monoisotopic (exact) mass is 381 g/mol. The van der Waals surface area contributed by atoms with Crippen LogP contribution in [0.4, 0.5) is 5.69 Å². The molecule has 1 aromatic carbocycles. The van der Waals surface area contributed by atoms with Gasteiger partial charge >= 0.3 is 0 Å². The number of sulfone groups is 1. The molecule has 1 heterocycles. The van der Waals surface area contributed by atoms with Crippen molar-refractivity contribution < 1.29 is 18.3 Å². The van der Waals surface area contributed by atoms with Crippen LogP contribution in [0.2, 0.25) is 0 Å². The van der Waals surface area contributed by atoms with Crippen molar-refractivity contribution >= 4 is 21.3 Å². The summed E-state index contributed by atoms with van der Waals surface area (Å²) in [6.07, 6.45) is 3.63. The Labute approximate surface area is 157 Å². The highest BCUT2D eigenvalue weighted by Crippen LogP contribution is 2.21. The summed E-state index contributed by atoms with van der Waals surface area (Å²) in [5, 5.41) is 9.28. The molecule has 1 aliphatic rings. The minimum Gasteiger partial charge on any atom is -0.391 e. The Morgan fingerprint density at radius 1 is 1.19 bits per heavy atom. The van der Waals surface area contributed by atoms with Gasteiger partial charge in [0.05, 0.1) is 17.1 Å². The minimum atomic E-state index is -2.97. The van der Waals surface area contributed by atoms with E-state index in [-0.39, 0.29) is 22.9 Å². The highest BCUT2D eigenvalue weighted by molar-refractivity contribution is 7.91.